The number of nitrogens with one attached hydrogen (secondary N) is 1. The predicted molar refractivity (Wildman–Crippen MR) is 63.8 cm³/mol. The maximum atomic E-state index is 12.8. The molecule has 0 bridgehead atoms. The number of halogens is 2. The van der Waals surface area contributed by atoms with Crippen LogP contribution < -0.4 is 5.32 Å². The monoisotopic (exact) mass is 299 g/mol. The molecule has 0 fully saturated rings. The van der Waals surface area contributed by atoms with E-state index in [0.717, 1.165) is 5.69 Å². The molecule has 0 aliphatic heterocycles. The molecule has 1 atom stereocenters. The van der Waals surface area contributed by atoms with Crippen molar-refractivity contribution in [3.63, 3.8) is 0 Å². The molecule has 0 aliphatic carbocycles. The van der Waals surface area contributed by atoms with Crippen LogP contribution in [0.4, 0.5) is 4.39 Å². The summed E-state index contributed by atoms with van der Waals surface area (Å²) in [5, 5.41) is 10.9. The molecular formula is C10H11BrFN5. The van der Waals surface area contributed by atoms with Gasteiger partial charge in [0.25, 0.3) is 0 Å². The molecule has 0 radical (unpaired) electrons. The maximum Gasteiger partial charge on any atom is 0.153 e. The van der Waals surface area contributed by atoms with Gasteiger partial charge >= 0.3 is 0 Å². The van der Waals surface area contributed by atoms with E-state index >= 15 is 0 Å². The number of aromatic nitrogens is 4. The molecule has 0 saturated heterocycles. The van der Waals surface area contributed by atoms with Crippen molar-refractivity contribution in [1.29, 1.82) is 0 Å². The van der Waals surface area contributed by atoms with E-state index in [-0.39, 0.29) is 11.9 Å². The van der Waals surface area contributed by atoms with E-state index in [9.17, 15) is 4.39 Å². The van der Waals surface area contributed by atoms with E-state index in [1.165, 1.54) is 12.3 Å². The Morgan fingerprint density at radius 2 is 2.24 bits per heavy atom. The van der Waals surface area contributed by atoms with Gasteiger partial charge in [0, 0.05) is 7.05 Å². The number of hydrogen-bond acceptors (Lipinski definition) is 4. The summed E-state index contributed by atoms with van der Waals surface area (Å²) >= 11 is 3.33. The second-order valence-corrected chi connectivity index (χ2v) is 4.26. The average molecular weight is 300 g/mol. The minimum Gasteiger partial charge on any atom is -0.307 e. The quantitative estimate of drug-likeness (QED) is 0.931. The van der Waals surface area contributed by atoms with Crippen LogP contribution in [0.1, 0.15) is 17.4 Å². The highest BCUT2D eigenvalue weighted by Gasteiger charge is 2.21. The smallest absolute Gasteiger partial charge is 0.153 e. The predicted octanol–water partition coefficient (Wildman–Crippen LogP) is 1.42. The van der Waals surface area contributed by atoms with Crippen LogP contribution >= 0.6 is 15.9 Å². The van der Waals surface area contributed by atoms with E-state index in [4.69, 9.17) is 0 Å². The molecule has 0 amide bonds. The number of rotatable bonds is 3. The van der Waals surface area contributed by atoms with Crippen LogP contribution in [0.5, 0.6) is 0 Å². The van der Waals surface area contributed by atoms with Crippen molar-refractivity contribution in [3.05, 3.63) is 40.1 Å². The lowest BCUT2D eigenvalue weighted by Gasteiger charge is -2.15. The summed E-state index contributed by atoms with van der Waals surface area (Å²) in [4.78, 5) is 4.06. The van der Waals surface area contributed by atoms with Crippen LogP contribution in [-0.2, 0) is 7.05 Å². The largest absolute Gasteiger partial charge is 0.307 e. The minimum absolute atomic E-state index is 0.190. The molecule has 17 heavy (non-hydrogen) atoms. The highest BCUT2D eigenvalue weighted by atomic mass is 79.9. The molecular weight excluding hydrogens is 289 g/mol. The van der Waals surface area contributed by atoms with E-state index in [1.54, 1.807) is 24.8 Å². The standard InChI is InChI=1S/C10H11BrFN5/c1-13-8(7-4-3-6(12)5-14-7)9-10(11)15-16-17(9)2/h3-5,8,13H,1-2H3. The molecule has 0 aliphatic rings. The van der Waals surface area contributed by atoms with Crippen molar-refractivity contribution < 1.29 is 4.39 Å². The lowest BCUT2D eigenvalue weighted by molar-refractivity contribution is 0.577. The SMILES string of the molecule is CNC(c1ccc(F)cn1)c1c(Br)nnn1C. The van der Waals surface area contributed by atoms with Gasteiger partial charge in [0.05, 0.1) is 23.6 Å². The molecule has 0 saturated carbocycles. The zero-order valence-electron chi connectivity index (χ0n) is 9.35. The lowest BCUT2D eigenvalue weighted by atomic mass is 10.1. The maximum absolute atomic E-state index is 12.8. The van der Waals surface area contributed by atoms with Crippen LogP contribution in [0.15, 0.2) is 22.9 Å². The van der Waals surface area contributed by atoms with Crippen LogP contribution in [0, 0.1) is 5.82 Å². The van der Waals surface area contributed by atoms with E-state index < -0.39 is 0 Å². The first kappa shape index (κ1) is 12.1. The Hall–Kier alpha value is -1.34. The molecule has 0 aromatic carbocycles. The summed E-state index contributed by atoms with van der Waals surface area (Å²) in [7, 11) is 3.59. The fourth-order valence-corrected chi connectivity index (χ4v) is 2.18. The third kappa shape index (κ3) is 2.34. The van der Waals surface area contributed by atoms with Gasteiger partial charge in [-0.05, 0) is 35.1 Å². The summed E-state index contributed by atoms with van der Waals surface area (Å²) in [5.41, 5.74) is 1.55. The fraction of sp³-hybridized carbons (Fsp3) is 0.300. The molecule has 2 aromatic heterocycles. The van der Waals surface area contributed by atoms with Gasteiger partial charge in [0.2, 0.25) is 0 Å². The van der Waals surface area contributed by atoms with Crippen LogP contribution in [-0.4, -0.2) is 27.0 Å². The Kier molecular flexibility index (Phi) is 3.49. The fourth-order valence-electron chi connectivity index (χ4n) is 1.63. The van der Waals surface area contributed by atoms with Gasteiger partial charge in [-0.3, -0.25) is 4.98 Å². The normalized spacial score (nSPS) is 12.7. The molecule has 2 rings (SSSR count). The highest BCUT2D eigenvalue weighted by molar-refractivity contribution is 9.10. The third-order valence-corrected chi connectivity index (χ3v) is 3.00. The van der Waals surface area contributed by atoms with Crippen LogP contribution in [0.25, 0.3) is 0 Å². The molecule has 7 heteroatoms. The summed E-state index contributed by atoms with van der Waals surface area (Å²) in [6.07, 6.45) is 1.19. The van der Waals surface area contributed by atoms with Crippen LogP contribution in [0.2, 0.25) is 0 Å². The van der Waals surface area contributed by atoms with Gasteiger partial charge in [0.1, 0.15) is 5.82 Å². The Morgan fingerprint density at radius 3 is 2.71 bits per heavy atom. The summed E-state index contributed by atoms with van der Waals surface area (Å²) in [6.45, 7) is 0. The van der Waals surface area contributed by atoms with Crippen molar-refractivity contribution >= 4 is 15.9 Å². The third-order valence-electron chi connectivity index (χ3n) is 2.43. The van der Waals surface area contributed by atoms with Crippen molar-refractivity contribution in [1.82, 2.24) is 25.3 Å². The lowest BCUT2D eigenvalue weighted by Crippen LogP contribution is -2.22. The van der Waals surface area contributed by atoms with Gasteiger partial charge in [-0.2, -0.15) is 0 Å². The first-order valence-corrected chi connectivity index (χ1v) is 5.76. The molecule has 90 valence electrons. The van der Waals surface area contributed by atoms with Gasteiger partial charge in [-0.1, -0.05) is 5.21 Å². The molecule has 2 heterocycles. The Labute approximate surface area is 106 Å². The summed E-state index contributed by atoms with van der Waals surface area (Å²) in [6, 6.07) is 2.82. The van der Waals surface area contributed by atoms with Crippen molar-refractivity contribution in [2.24, 2.45) is 7.05 Å². The summed E-state index contributed by atoms with van der Waals surface area (Å²) < 4.78 is 15.1. The average Bonchev–Trinajstić information content (AvgIpc) is 2.64. The molecule has 1 N–H and O–H groups in total. The Balaban J connectivity index is 2.43. The highest BCUT2D eigenvalue weighted by Crippen LogP contribution is 2.24. The molecule has 5 nitrogen and oxygen atoms in total. The first-order chi connectivity index (χ1) is 8.13. The number of nitrogens with zero attached hydrogens (tertiary/aromatic N) is 4. The Morgan fingerprint density at radius 1 is 1.47 bits per heavy atom. The second-order valence-electron chi connectivity index (χ2n) is 3.51. The van der Waals surface area contributed by atoms with Gasteiger partial charge in [-0.25, -0.2) is 9.07 Å². The van der Waals surface area contributed by atoms with Crippen LogP contribution in [0.3, 0.4) is 0 Å². The summed E-state index contributed by atoms with van der Waals surface area (Å²) in [5.74, 6) is -0.356. The number of aryl methyl sites for hydroxylation is 1. The van der Waals surface area contributed by atoms with Crippen molar-refractivity contribution in [2.75, 3.05) is 7.05 Å². The van der Waals surface area contributed by atoms with Crippen molar-refractivity contribution in [2.45, 2.75) is 6.04 Å². The van der Waals surface area contributed by atoms with Gasteiger partial charge < -0.3 is 5.32 Å². The van der Waals surface area contributed by atoms with Gasteiger partial charge in [-0.15, -0.1) is 5.10 Å². The van der Waals surface area contributed by atoms with E-state index in [1.807, 2.05) is 0 Å². The van der Waals surface area contributed by atoms with E-state index in [0.29, 0.717) is 10.3 Å². The minimum atomic E-state index is -0.356. The van der Waals surface area contributed by atoms with E-state index in [2.05, 4.69) is 36.5 Å². The van der Waals surface area contributed by atoms with Crippen molar-refractivity contribution in [3.8, 4) is 0 Å². The van der Waals surface area contributed by atoms with Gasteiger partial charge in [0.15, 0.2) is 4.60 Å². The zero-order chi connectivity index (χ0) is 12.4. The second kappa shape index (κ2) is 4.89. The first-order valence-electron chi connectivity index (χ1n) is 4.97. The Bertz CT molecular complexity index is 490. The topological polar surface area (TPSA) is 55.6 Å². The number of pyridine rings is 1. The number of hydrogen-bond donors (Lipinski definition) is 1. The molecule has 0 spiro atoms. The molecule has 2 aromatic rings. The zero-order valence-corrected chi connectivity index (χ0v) is 10.9. The molecule has 1 unspecified atom stereocenters.